The molecule has 1 aromatic rings. The summed E-state index contributed by atoms with van der Waals surface area (Å²) >= 11 is 1.33. The quantitative estimate of drug-likeness (QED) is 0.792. The van der Waals surface area contributed by atoms with Crippen LogP contribution in [0.5, 0.6) is 0 Å². The molecule has 0 unspecified atom stereocenters. The van der Waals surface area contributed by atoms with Gasteiger partial charge in [0.25, 0.3) is 5.91 Å². The lowest BCUT2D eigenvalue weighted by atomic mass is 10.4. The van der Waals surface area contributed by atoms with Crippen molar-refractivity contribution < 1.29 is 14.3 Å². The van der Waals surface area contributed by atoms with Gasteiger partial charge in [0.05, 0.1) is 11.0 Å². The summed E-state index contributed by atoms with van der Waals surface area (Å²) in [5, 5.41) is 4.29. The normalized spacial score (nSPS) is 10.1. The Labute approximate surface area is 92.2 Å². The van der Waals surface area contributed by atoms with E-state index in [1.807, 2.05) is 0 Å². The first-order chi connectivity index (χ1) is 7.09. The largest absolute Gasteiger partial charge is 0.462 e. The van der Waals surface area contributed by atoms with E-state index >= 15 is 0 Å². The molecule has 0 bridgehead atoms. The molecule has 0 radical (unpaired) electrons. The number of hydrogen-bond acceptors (Lipinski definition) is 4. The van der Waals surface area contributed by atoms with Crippen molar-refractivity contribution in [3.63, 3.8) is 0 Å². The number of hydrogen-bond donors (Lipinski definition) is 1. The third kappa shape index (κ3) is 4.12. The molecule has 1 rings (SSSR count). The maximum Gasteiger partial charge on any atom is 0.325 e. The first-order valence-electron chi connectivity index (χ1n) is 4.61. The van der Waals surface area contributed by atoms with Crippen LogP contribution in [0.25, 0.3) is 0 Å². The highest BCUT2D eigenvalue weighted by molar-refractivity contribution is 7.12. The molecule has 5 heteroatoms. The molecule has 82 valence electrons. The number of esters is 1. The van der Waals surface area contributed by atoms with Crippen LogP contribution in [0.3, 0.4) is 0 Å². The molecule has 4 nitrogen and oxygen atoms in total. The molecule has 0 saturated heterocycles. The number of amides is 1. The zero-order valence-electron chi connectivity index (χ0n) is 8.65. The van der Waals surface area contributed by atoms with Crippen LogP contribution >= 0.6 is 11.3 Å². The molecule has 1 N–H and O–H groups in total. The Hall–Kier alpha value is -1.36. The lowest BCUT2D eigenvalue weighted by Gasteiger charge is -2.07. The van der Waals surface area contributed by atoms with Gasteiger partial charge in [-0.05, 0) is 25.3 Å². The number of carbonyl (C=O) groups is 2. The first-order valence-corrected chi connectivity index (χ1v) is 5.48. The standard InChI is InChI=1S/C10H13NO3S/c1-7(2)14-9(12)6-11-10(13)8-4-3-5-15-8/h3-5,7H,6H2,1-2H3,(H,11,13). The molecule has 1 aromatic heterocycles. The summed E-state index contributed by atoms with van der Waals surface area (Å²) in [6, 6.07) is 3.49. The van der Waals surface area contributed by atoms with Crippen molar-refractivity contribution in [1.29, 1.82) is 0 Å². The summed E-state index contributed by atoms with van der Waals surface area (Å²) in [6.07, 6.45) is -0.156. The molecule has 1 heterocycles. The molecule has 0 atom stereocenters. The fraction of sp³-hybridized carbons (Fsp3) is 0.400. The second kappa shape index (κ2) is 5.50. The minimum absolute atomic E-state index is 0.0884. The SMILES string of the molecule is CC(C)OC(=O)CNC(=O)c1cccs1. The predicted molar refractivity (Wildman–Crippen MR) is 57.9 cm³/mol. The van der Waals surface area contributed by atoms with E-state index in [0.717, 1.165) is 0 Å². The van der Waals surface area contributed by atoms with Gasteiger partial charge < -0.3 is 10.1 Å². The van der Waals surface area contributed by atoms with Gasteiger partial charge in [0.2, 0.25) is 0 Å². The highest BCUT2D eigenvalue weighted by Crippen LogP contribution is 2.07. The summed E-state index contributed by atoms with van der Waals surface area (Å²) in [5.74, 6) is -0.666. The average molecular weight is 227 g/mol. The van der Waals surface area contributed by atoms with Crippen molar-refractivity contribution in [2.24, 2.45) is 0 Å². The number of rotatable bonds is 4. The van der Waals surface area contributed by atoms with Crippen LogP contribution in [-0.2, 0) is 9.53 Å². The van der Waals surface area contributed by atoms with Crippen molar-refractivity contribution in [2.45, 2.75) is 20.0 Å². The van der Waals surface area contributed by atoms with Gasteiger partial charge in [-0.25, -0.2) is 0 Å². The van der Waals surface area contributed by atoms with E-state index in [1.165, 1.54) is 11.3 Å². The lowest BCUT2D eigenvalue weighted by molar-refractivity contribution is -0.146. The topological polar surface area (TPSA) is 55.4 Å². The van der Waals surface area contributed by atoms with Crippen LogP contribution in [0.1, 0.15) is 23.5 Å². The molecule has 0 spiro atoms. The fourth-order valence-electron chi connectivity index (χ4n) is 0.952. The zero-order valence-corrected chi connectivity index (χ0v) is 9.47. The van der Waals surface area contributed by atoms with Crippen molar-refractivity contribution in [2.75, 3.05) is 6.54 Å². The van der Waals surface area contributed by atoms with Crippen LogP contribution in [0.2, 0.25) is 0 Å². The Morgan fingerprint density at radius 1 is 1.53 bits per heavy atom. The second-order valence-electron chi connectivity index (χ2n) is 3.20. The maximum absolute atomic E-state index is 11.4. The Morgan fingerprint density at radius 3 is 2.80 bits per heavy atom. The monoisotopic (exact) mass is 227 g/mol. The highest BCUT2D eigenvalue weighted by atomic mass is 32.1. The van der Waals surface area contributed by atoms with E-state index in [0.29, 0.717) is 4.88 Å². The summed E-state index contributed by atoms with van der Waals surface area (Å²) in [5.41, 5.74) is 0. The van der Waals surface area contributed by atoms with Gasteiger partial charge in [-0.1, -0.05) is 6.07 Å². The molecule has 0 aliphatic heterocycles. The van der Waals surface area contributed by atoms with E-state index in [-0.39, 0.29) is 18.6 Å². The van der Waals surface area contributed by atoms with Crippen LogP contribution in [0.4, 0.5) is 0 Å². The number of ether oxygens (including phenoxy) is 1. The molecule has 0 aliphatic carbocycles. The third-order valence-corrected chi connectivity index (χ3v) is 2.37. The van der Waals surface area contributed by atoms with Gasteiger partial charge in [-0.2, -0.15) is 0 Å². The molecule has 15 heavy (non-hydrogen) atoms. The zero-order chi connectivity index (χ0) is 11.3. The molecular weight excluding hydrogens is 214 g/mol. The van der Waals surface area contributed by atoms with Crippen LogP contribution in [0.15, 0.2) is 17.5 Å². The minimum atomic E-state index is -0.421. The first kappa shape index (κ1) is 11.7. The molecular formula is C10H13NO3S. The van der Waals surface area contributed by atoms with E-state index in [9.17, 15) is 9.59 Å². The van der Waals surface area contributed by atoms with Crippen molar-refractivity contribution in [3.8, 4) is 0 Å². The van der Waals surface area contributed by atoms with Gasteiger partial charge in [-0.3, -0.25) is 9.59 Å². The van der Waals surface area contributed by atoms with Crippen molar-refractivity contribution in [1.82, 2.24) is 5.32 Å². The average Bonchev–Trinajstić information content (AvgIpc) is 2.65. The molecule has 0 aromatic carbocycles. The number of nitrogens with one attached hydrogen (secondary N) is 1. The fourth-order valence-corrected chi connectivity index (χ4v) is 1.59. The lowest BCUT2D eigenvalue weighted by Crippen LogP contribution is -2.31. The number of thiophene rings is 1. The Kier molecular flexibility index (Phi) is 4.30. The van der Waals surface area contributed by atoms with Gasteiger partial charge in [0.15, 0.2) is 0 Å². The minimum Gasteiger partial charge on any atom is -0.462 e. The van der Waals surface area contributed by atoms with Crippen molar-refractivity contribution in [3.05, 3.63) is 22.4 Å². The second-order valence-corrected chi connectivity index (χ2v) is 4.15. The predicted octanol–water partition coefficient (Wildman–Crippen LogP) is 1.43. The maximum atomic E-state index is 11.4. The Balaban J connectivity index is 2.32. The number of carbonyl (C=O) groups excluding carboxylic acids is 2. The van der Waals surface area contributed by atoms with Crippen LogP contribution in [0, 0.1) is 0 Å². The molecule has 0 fully saturated rings. The van der Waals surface area contributed by atoms with Crippen molar-refractivity contribution >= 4 is 23.2 Å². The van der Waals surface area contributed by atoms with E-state index in [1.54, 1.807) is 31.4 Å². The van der Waals surface area contributed by atoms with Crippen LogP contribution < -0.4 is 5.32 Å². The Morgan fingerprint density at radius 2 is 2.27 bits per heavy atom. The summed E-state index contributed by atoms with van der Waals surface area (Å²) in [6.45, 7) is 3.44. The van der Waals surface area contributed by atoms with Gasteiger partial charge in [0.1, 0.15) is 6.54 Å². The summed E-state index contributed by atoms with van der Waals surface area (Å²) in [4.78, 5) is 23.1. The van der Waals surface area contributed by atoms with Gasteiger partial charge >= 0.3 is 5.97 Å². The molecule has 0 aliphatic rings. The van der Waals surface area contributed by atoms with Gasteiger partial charge in [-0.15, -0.1) is 11.3 Å². The highest BCUT2D eigenvalue weighted by Gasteiger charge is 2.10. The van der Waals surface area contributed by atoms with Gasteiger partial charge in [0, 0.05) is 0 Å². The summed E-state index contributed by atoms with van der Waals surface area (Å²) < 4.78 is 4.87. The molecule has 1 amide bonds. The van der Waals surface area contributed by atoms with E-state index in [2.05, 4.69) is 5.32 Å². The smallest absolute Gasteiger partial charge is 0.325 e. The molecule has 0 saturated carbocycles. The van der Waals surface area contributed by atoms with E-state index in [4.69, 9.17) is 4.74 Å². The summed E-state index contributed by atoms with van der Waals surface area (Å²) in [7, 11) is 0. The van der Waals surface area contributed by atoms with Crippen LogP contribution in [-0.4, -0.2) is 24.5 Å². The Bertz CT molecular complexity index is 332. The van der Waals surface area contributed by atoms with E-state index < -0.39 is 5.97 Å². The third-order valence-electron chi connectivity index (χ3n) is 1.51.